The molecule has 0 spiro atoms. The summed E-state index contributed by atoms with van der Waals surface area (Å²) in [4.78, 5) is 31.8. The van der Waals surface area contributed by atoms with Crippen LogP contribution in [0.5, 0.6) is 0 Å². The fourth-order valence-corrected chi connectivity index (χ4v) is 4.40. The van der Waals surface area contributed by atoms with Crippen LogP contribution in [0.4, 0.5) is 5.82 Å². The highest BCUT2D eigenvalue weighted by atomic mass is 35.5. The lowest BCUT2D eigenvalue weighted by atomic mass is 9.95. The van der Waals surface area contributed by atoms with Gasteiger partial charge in [-0.05, 0) is 69.2 Å². The van der Waals surface area contributed by atoms with E-state index in [-0.39, 0.29) is 17.7 Å². The Bertz CT molecular complexity index is 1130. The van der Waals surface area contributed by atoms with Crippen molar-refractivity contribution in [3.05, 3.63) is 75.7 Å². The summed E-state index contributed by atoms with van der Waals surface area (Å²) in [5, 5.41) is 4.02. The lowest BCUT2D eigenvalue weighted by Gasteiger charge is -2.31. The predicted molar refractivity (Wildman–Crippen MR) is 127 cm³/mol. The van der Waals surface area contributed by atoms with E-state index in [1.54, 1.807) is 12.1 Å². The third kappa shape index (κ3) is 4.66. The summed E-state index contributed by atoms with van der Waals surface area (Å²) in [5.74, 6) is 0.245. The molecule has 6 nitrogen and oxygen atoms in total. The Morgan fingerprint density at radius 2 is 1.66 bits per heavy atom. The number of pyridine rings is 1. The standard InChI is InChI=1S/C24H24Cl2N4O2/c1-15-13-21(16(2)30(15)20-6-3-18(25)4-7-20)24(32)29-11-9-17(10-12-29)23(31)28-22-8-5-19(26)14-27-22/h3-8,13-14,17H,9-12H2,1-2H3,(H,27,28,31). The molecule has 0 saturated carbocycles. The molecule has 32 heavy (non-hydrogen) atoms. The first kappa shape index (κ1) is 22.4. The van der Waals surface area contributed by atoms with Gasteiger partial charge in [0.15, 0.2) is 0 Å². The van der Waals surface area contributed by atoms with Gasteiger partial charge in [-0.15, -0.1) is 0 Å². The number of carbonyl (C=O) groups is 2. The average molecular weight is 471 g/mol. The molecule has 166 valence electrons. The predicted octanol–water partition coefficient (Wildman–Crippen LogP) is 5.29. The third-order valence-corrected chi connectivity index (χ3v) is 6.35. The van der Waals surface area contributed by atoms with Gasteiger partial charge in [0.1, 0.15) is 5.82 Å². The summed E-state index contributed by atoms with van der Waals surface area (Å²) >= 11 is 11.9. The minimum atomic E-state index is -0.155. The number of hydrogen-bond acceptors (Lipinski definition) is 3. The van der Waals surface area contributed by atoms with E-state index in [9.17, 15) is 9.59 Å². The van der Waals surface area contributed by atoms with Crippen molar-refractivity contribution < 1.29 is 9.59 Å². The molecule has 1 aromatic carbocycles. The van der Waals surface area contributed by atoms with Gasteiger partial charge in [0.05, 0.1) is 10.6 Å². The second-order valence-electron chi connectivity index (χ2n) is 8.01. The Morgan fingerprint density at radius 1 is 1.00 bits per heavy atom. The Kier molecular flexibility index (Phi) is 6.53. The number of nitrogens with zero attached hydrogens (tertiary/aromatic N) is 3. The normalized spacial score (nSPS) is 14.4. The van der Waals surface area contributed by atoms with E-state index in [0.29, 0.717) is 47.4 Å². The molecule has 8 heteroatoms. The Balaban J connectivity index is 1.41. The molecule has 2 aromatic heterocycles. The number of piperidine rings is 1. The molecule has 1 aliphatic heterocycles. The molecule has 2 amide bonds. The van der Waals surface area contributed by atoms with Gasteiger partial charge < -0.3 is 14.8 Å². The smallest absolute Gasteiger partial charge is 0.255 e. The Labute approximate surface area is 197 Å². The number of benzene rings is 1. The fourth-order valence-electron chi connectivity index (χ4n) is 4.16. The molecule has 0 bridgehead atoms. The van der Waals surface area contributed by atoms with Crippen molar-refractivity contribution in [2.24, 2.45) is 5.92 Å². The highest BCUT2D eigenvalue weighted by Gasteiger charge is 2.29. The number of anilines is 1. The third-order valence-electron chi connectivity index (χ3n) is 5.88. The number of rotatable bonds is 4. The van der Waals surface area contributed by atoms with Crippen LogP contribution in [0.2, 0.25) is 10.0 Å². The van der Waals surface area contributed by atoms with E-state index < -0.39 is 0 Å². The molecule has 1 saturated heterocycles. The largest absolute Gasteiger partial charge is 0.339 e. The van der Waals surface area contributed by atoms with Crippen LogP contribution in [0, 0.1) is 19.8 Å². The van der Waals surface area contributed by atoms with Gasteiger partial charge in [0.2, 0.25) is 5.91 Å². The molecule has 1 fully saturated rings. The summed E-state index contributed by atoms with van der Waals surface area (Å²) in [7, 11) is 0. The maximum Gasteiger partial charge on any atom is 0.255 e. The van der Waals surface area contributed by atoms with Crippen molar-refractivity contribution in [2.75, 3.05) is 18.4 Å². The topological polar surface area (TPSA) is 67.2 Å². The van der Waals surface area contributed by atoms with Gasteiger partial charge in [-0.25, -0.2) is 4.98 Å². The second-order valence-corrected chi connectivity index (χ2v) is 8.89. The molecule has 4 rings (SSSR count). The zero-order chi connectivity index (χ0) is 22.8. The number of aryl methyl sites for hydroxylation is 1. The number of amides is 2. The second kappa shape index (κ2) is 9.35. The highest BCUT2D eigenvalue weighted by Crippen LogP contribution is 2.26. The number of nitrogens with one attached hydrogen (secondary N) is 1. The van der Waals surface area contributed by atoms with Crippen LogP contribution in [0.15, 0.2) is 48.7 Å². The maximum absolute atomic E-state index is 13.2. The van der Waals surface area contributed by atoms with Crippen molar-refractivity contribution in [1.29, 1.82) is 0 Å². The summed E-state index contributed by atoms with van der Waals surface area (Å²) in [6.07, 6.45) is 2.72. The van der Waals surface area contributed by atoms with Crippen molar-refractivity contribution in [2.45, 2.75) is 26.7 Å². The molecule has 3 heterocycles. The summed E-state index contributed by atoms with van der Waals surface area (Å²) in [5.41, 5.74) is 3.53. The van der Waals surface area contributed by atoms with Crippen molar-refractivity contribution in [3.8, 4) is 5.69 Å². The highest BCUT2D eigenvalue weighted by molar-refractivity contribution is 6.30. The number of hydrogen-bond donors (Lipinski definition) is 1. The number of halogens is 2. The van der Waals surface area contributed by atoms with Gasteiger partial charge in [0.25, 0.3) is 5.91 Å². The maximum atomic E-state index is 13.2. The molecule has 0 atom stereocenters. The summed E-state index contributed by atoms with van der Waals surface area (Å²) < 4.78 is 2.06. The van der Waals surface area contributed by atoms with E-state index in [1.165, 1.54) is 6.20 Å². The van der Waals surface area contributed by atoms with Gasteiger partial charge in [0, 0.05) is 47.3 Å². The lowest BCUT2D eigenvalue weighted by Crippen LogP contribution is -2.41. The zero-order valence-corrected chi connectivity index (χ0v) is 19.5. The number of likely N-dealkylation sites (tertiary alicyclic amines) is 1. The number of aromatic nitrogens is 2. The van der Waals surface area contributed by atoms with Crippen LogP contribution in [0.3, 0.4) is 0 Å². The average Bonchev–Trinajstić information content (AvgIpc) is 3.09. The van der Waals surface area contributed by atoms with Gasteiger partial charge in [-0.1, -0.05) is 23.2 Å². The van der Waals surface area contributed by atoms with Crippen LogP contribution in [-0.2, 0) is 4.79 Å². The van der Waals surface area contributed by atoms with E-state index in [1.807, 2.05) is 49.1 Å². The van der Waals surface area contributed by atoms with Crippen molar-refractivity contribution >= 4 is 40.8 Å². The quantitative estimate of drug-likeness (QED) is 0.563. The van der Waals surface area contributed by atoms with Gasteiger partial charge in [-0.2, -0.15) is 0 Å². The molecular weight excluding hydrogens is 447 g/mol. The van der Waals surface area contributed by atoms with Crippen LogP contribution in [0.25, 0.3) is 5.69 Å². The minimum Gasteiger partial charge on any atom is -0.339 e. The molecule has 0 unspecified atom stereocenters. The van der Waals surface area contributed by atoms with E-state index in [0.717, 1.165) is 17.1 Å². The van der Waals surface area contributed by atoms with Crippen molar-refractivity contribution in [1.82, 2.24) is 14.5 Å². The Morgan fingerprint density at radius 3 is 2.28 bits per heavy atom. The lowest BCUT2D eigenvalue weighted by molar-refractivity contribution is -0.121. The monoisotopic (exact) mass is 470 g/mol. The van der Waals surface area contributed by atoms with Crippen LogP contribution in [0.1, 0.15) is 34.6 Å². The first-order valence-corrected chi connectivity index (χ1v) is 11.3. The Hall–Kier alpha value is -2.83. The molecular formula is C24H24Cl2N4O2. The zero-order valence-electron chi connectivity index (χ0n) is 17.9. The van der Waals surface area contributed by atoms with Crippen molar-refractivity contribution in [3.63, 3.8) is 0 Å². The van der Waals surface area contributed by atoms with Crippen LogP contribution in [-0.4, -0.2) is 39.4 Å². The number of carbonyl (C=O) groups excluding carboxylic acids is 2. The molecule has 1 aliphatic rings. The van der Waals surface area contributed by atoms with Gasteiger partial charge >= 0.3 is 0 Å². The molecule has 3 aromatic rings. The van der Waals surface area contributed by atoms with Crippen LogP contribution < -0.4 is 5.32 Å². The molecule has 0 radical (unpaired) electrons. The molecule has 0 aliphatic carbocycles. The summed E-state index contributed by atoms with van der Waals surface area (Å²) in [6.45, 7) is 5.01. The first-order chi connectivity index (χ1) is 15.3. The SMILES string of the molecule is Cc1cc(C(=O)N2CCC(C(=O)Nc3ccc(Cl)cn3)CC2)c(C)n1-c1ccc(Cl)cc1. The molecule has 1 N–H and O–H groups in total. The van der Waals surface area contributed by atoms with E-state index >= 15 is 0 Å². The van der Waals surface area contributed by atoms with Gasteiger partial charge in [-0.3, -0.25) is 9.59 Å². The minimum absolute atomic E-state index is 0.00320. The first-order valence-electron chi connectivity index (χ1n) is 10.5. The summed E-state index contributed by atoms with van der Waals surface area (Å²) in [6, 6.07) is 12.9. The van der Waals surface area contributed by atoms with E-state index in [4.69, 9.17) is 23.2 Å². The van der Waals surface area contributed by atoms with E-state index in [2.05, 4.69) is 14.9 Å². The van der Waals surface area contributed by atoms with Crippen LogP contribution >= 0.6 is 23.2 Å². The fraction of sp³-hybridized carbons (Fsp3) is 0.292.